The summed E-state index contributed by atoms with van der Waals surface area (Å²) in [6.45, 7) is 3.54. The maximum absolute atomic E-state index is 11.3. The van der Waals surface area contributed by atoms with E-state index in [4.69, 9.17) is 16.2 Å². The molecule has 1 fully saturated rings. The number of nitrogens with two attached hydrogens (primary N) is 2. The first-order valence-corrected chi connectivity index (χ1v) is 5.98. The largest absolute Gasteiger partial charge is 0.397 e. The van der Waals surface area contributed by atoms with Crippen molar-refractivity contribution in [3.8, 4) is 0 Å². The highest BCUT2D eigenvalue weighted by molar-refractivity contribution is 5.98. The fraction of sp³-hybridized carbons (Fsp3) is 0.500. The number of amides is 1. The number of aromatic nitrogens is 1. The van der Waals surface area contributed by atoms with E-state index >= 15 is 0 Å². The van der Waals surface area contributed by atoms with Gasteiger partial charge in [-0.1, -0.05) is 0 Å². The summed E-state index contributed by atoms with van der Waals surface area (Å²) in [6, 6.07) is 1.53. The number of pyridine rings is 1. The van der Waals surface area contributed by atoms with E-state index in [1.54, 1.807) is 0 Å². The molecule has 6 heteroatoms. The molecule has 2 rings (SSSR count). The van der Waals surface area contributed by atoms with Gasteiger partial charge in [0, 0.05) is 19.1 Å². The van der Waals surface area contributed by atoms with Crippen LogP contribution in [-0.4, -0.2) is 30.1 Å². The van der Waals surface area contributed by atoms with Gasteiger partial charge in [0.25, 0.3) is 5.91 Å². The number of nitrogen functional groups attached to an aromatic ring is 1. The summed E-state index contributed by atoms with van der Waals surface area (Å²) in [6.07, 6.45) is 2.74. The first-order valence-electron chi connectivity index (χ1n) is 5.98. The van der Waals surface area contributed by atoms with Crippen molar-refractivity contribution < 1.29 is 9.53 Å². The number of rotatable bonds is 4. The van der Waals surface area contributed by atoms with Crippen LogP contribution in [0.2, 0.25) is 0 Å². The van der Waals surface area contributed by atoms with Crippen molar-refractivity contribution in [1.29, 1.82) is 0 Å². The lowest BCUT2D eigenvalue weighted by atomic mass is 10.0. The van der Waals surface area contributed by atoms with Crippen LogP contribution in [0.3, 0.4) is 0 Å². The second-order valence-corrected chi connectivity index (χ2v) is 4.53. The van der Waals surface area contributed by atoms with Gasteiger partial charge in [0.05, 0.1) is 23.6 Å². The van der Waals surface area contributed by atoms with Gasteiger partial charge in [0.2, 0.25) is 0 Å². The molecule has 2 unspecified atom stereocenters. The highest BCUT2D eigenvalue weighted by atomic mass is 16.5. The molecular formula is C12H18N4O2. The molecule has 0 bridgehead atoms. The zero-order chi connectivity index (χ0) is 13.1. The van der Waals surface area contributed by atoms with Gasteiger partial charge in [-0.3, -0.25) is 4.79 Å². The SMILES string of the molecule is CC1OCCC1CNc1ncc(N)cc1C(N)=O. The van der Waals surface area contributed by atoms with Crippen LogP contribution >= 0.6 is 0 Å². The number of nitrogens with zero attached hydrogens (tertiary/aromatic N) is 1. The Morgan fingerprint density at radius 1 is 1.67 bits per heavy atom. The summed E-state index contributed by atoms with van der Waals surface area (Å²) < 4.78 is 5.48. The highest BCUT2D eigenvalue weighted by Gasteiger charge is 2.24. The van der Waals surface area contributed by atoms with Crippen molar-refractivity contribution in [3.63, 3.8) is 0 Å². The van der Waals surface area contributed by atoms with E-state index in [-0.39, 0.29) is 6.10 Å². The lowest BCUT2D eigenvalue weighted by Crippen LogP contribution is -2.23. The number of nitrogens with one attached hydrogen (secondary N) is 1. The minimum atomic E-state index is -0.534. The summed E-state index contributed by atoms with van der Waals surface area (Å²) in [7, 11) is 0. The standard InChI is InChI=1S/C12H18N4O2/c1-7-8(2-3-18-7)5-15-12-10(11(14)17)4-9(13)6-16-12/h4,6-8H,2-3,5,13H2,1H3,(H2,14,17)(H,15,16). The Morgan fingerprint density at radius 2 is 2.44 bits per heavy atom. The van der Waals surface area contributed by atoms with Crippen molar-refractivity contribution >= 4 is 17.4 Å². The minimum absolute atomic E-state index is 0.225. The highest BCUT2D eigenvalue weighted by Crippen LogP contribution is 2.22. The van der Waals surface area contributed by atoms with Crippen LogP contribution in [0.4, 0.5) is 11.5 Å². The van der Waals surface area contributed by atoms with Gasteiger partial charge < -0.3 is 21.5 Å². The maximum Gasteiger partial charge on any atom is 0.252 e. The molecule has 2 heterocycles. The first kappa shape index (κ1) is 12.6. The maximum atomic E-state index is 11.3. The molecule has 1 saturated heterocycles. The van der Waals surface area contributed by atoms with E-state index < -0.39 is 5.91 Å². The number of carbonyl (C=O) groups excluding carboxylic acids is 1. The van der Waals surface area contributed by atoms with Crippen LogP contribution in [0.5, 0.6) is 0 Å². The van der Waals surface area contributed by atoms with Gasteiger partial charge in [0.15, 0.2) is 0 Å². The third-order valence-corrected chi connectivity index (χ3v) is 3.24. The number of ether oxygens (including phenoxy) is 1. The molecule has 6 nitrogen and oxygen atoms in total. The van der Waals surface area contributed by atoms with E-state index in [1.165, 1.54) is 12.3 Å². The predicted octanol–water partition coefficient (Wildman–Crippen LogP) is 0.600. The molecule has 1 aromatic rings. The molecule has 5 N–H and O–H groups in total. The zero-order valence-corrected chi connectivity index (χ0v) is 10.3. The smallest absolute Gasteiger partial charge is 0.252 e. The van der Waals surface area contributed by atoms with E-state index in [0.29, 0.717) is 29.5 Å². The van der Waals surface area contributed by atoms with Crippen LogP contribution in [0.25, 0.3) is 0 Å². The van der Waals surface area contributed by atoms with Crippen LogP contribution < -0.4 is 16.8 Å². The third kappa shape index (κ3) is 2.70. The van der Waals surface area contributed by atoms with E-state index in [0.717, 1.165) is 13.0 Å². The first-order chi connectivity index (χ1) is 8.58. The summed E-state index contributed by atoms with van der Waals surface area (Å²) >= 11 is 0. The van der Waals surface area contributed by atoms with Crippen molar-refractivity contribution in [2.75, 3.05) is 24.2 Å². The van der Waals surface area contributed by atoms with Gasteiger partial charge in [-0.25, -0.2) is 4.98 Å². The summed E-state index contributed by atoms with van der Waals surface area (Å²) in [5.41, 5.74) is 11.6. The number of primary amides is 1. The zero-order valence-electron chi connectivity index (χ0n) is 10.3. The molecule has 1 aliphatic rings. The van der Waals surface area contributed by atoms with Crippen molar-refractivity contribution in [2.24, 2.45) is 11.7 Å². The summed E-state index contributed by atoms with van der Waals surface area (Å²) in [5.74, 6) is 0.369. The third-order valence-electron chi connectivity index (χ3n) is 3.24. The number of anilines is 2. The van der Waals surface area contributed by atoms with Crippen LogP contribution in [0.1, 0.15) is 23.7 Å². The lowest BCUT2D eigenvalue weighted by molar-refractivity contribution is 0.100. The molecule has 1 aliphatic heterocycles. The number of carbonyl (C=O) groups is 1. The molecule has 0 spiro atoms. The molecule has 1 amide bonds. The number of hydrogen-bond acceptors (Lipinski definition) is 5. The fourth-order valence-electron chi connectivity index (χ4n) is 2.08. The molecule has 0 radical (unpaired) electrons. The van der Waals surface area contributed by atoms with Crippen LogP contribution in [0, 0.1) is 5.92 Å². The Morgan fingerprint density at radius 3 is 3.06 bits per heavy atom. The van der Waals surface area contributed by atoms with Gasteiger partial charge in [0.1, 0.15) is 5.82 Å². The van der Waals surface area contributed by atoms with Crippen molar-refractivity contribution in [2.45, 2.75) is 19.4 Å². The van der Waals surface area contributed by atoms with Gasteiger partial charge in [-0.15, -0.1) is 0 Å². The Balaban J connectivity index is 2.06. The average Bonchev–Trinajstić information content (AvgIpc) is 2.73. The van der Waals surface area contributed by atoms with Crippen LogP contribution in [0.15, 0.2) is 12.3 Å². The van der Waals surface area contributed by atoms with Gasteiger partial charge in [-0.2, -0.15) is 0 Å². The molecule has 0 aromatic carbocycles. The van der Waals surface area contributed by atoms with Crippen molar-refractivity contribution in [1.82, 2.24) is 4.98 Å². The van der Waals surface area contributed by atoms with E-state index in [1.807, 2.05) is 6.92 Å². The van der Waals surface area contributed by atoms with Gasteiger partial charge in [-0.05, 0) is 19.4 Å². The Bertz CT molecular complexity index is 450. The molecule has 1 aromatic heterocycles. The van der Waals surface area contributed by atoms with Gasteiger partial charge >= 0.3 is 0 Å². The average molecular weight is 250 g/mol. The summed E-state index contributed by atoms with van der Waals surface area (Å²) in [5, 5.41) is 3.15. The molecule has 98 valence electrons. The molecule has 2 atom stereocenters. The fourth-order valence-corrected chi connectivity index (χ4v) is 2.08. The number of hydrogen-bond donors (Lipinski definition) is 3. The normalized spacial score (nSPS) is 22.9. The monoisotopic (exact) mass is 250 g/mol. The van der Waals surface area contributed by atoms with Crippen molar-refractivity contribution in [3.05, 3.63) is 17.8 Å². The minimum Gasteiger partial charge on any atom is -0.397 e. The molecular weight excluding hydrogens is 232 g/mol. The predicted molar refractivity (Wildman–Crippen MR) is 69.2 cm³/mol. The quantitative estimate of drug-likeness (QED) is 0.726. The second-order valence-electron chi connectivity index (χ2n) is 4.53. The van der Waals surface area contributed by atoms with Crippen LogP contribution in [-0.2, 0) is 4.74 Å². The molecule has 18 heavy (non-hydrogen) atoms. The lowest BCUT2D eigenvalue weighted by Gasteiger charge is -2.16. The summed E-state index contributed by atoms with van der Waals surface area (Å²) in [4.78, 5) is 15.4. The molecule has 0 saturated carbocycles. The topological polar surface area (TPSA) is 103 Å². The second kappa shape index (κ2) is 5.22. The van der Waals surface area contributed by atoms with E-state index in [2.05, 4.69) is 10.3 Å². The Labute approximate surface area is 106 Å². The molecule has 0 aliphatic carbocycles. The Kier molecular flexibility index (Phi) is 3.66. The van der Waals surface area contributed by atoms with E-state index in [9.17, 15) is 4.79 Å². The Hall–Kier alpha value is -1.82.